The summed E-state index contributed by atoms with van der Waals surface area (Å²) in [5.41, 5.74) is 1.18. The van der Waals surface area contributed by atoms with Gasteiger partial charge in [-0.25, -0.2) is 0 Å². The van der Waals surface area contributed by atoms with E-state index < -0.39 is 0 Å². The molecule has 0 unspecified atom stereocenters. The number of rotatable bonds is 10. The third-order valence-corrected chi connectivity index (χ3v) is 5.03. The molecule has 3 rings (SSSR count). The standard InChI is InChI=1S/C21H29N3O4/c1-3-24(15-18-5-4-14-27-18)21(25)13-12-20-23-22-19(28-20)11-8-16-6-9-17(26-2)10-7-16/h6-7,9-10,18H,3-5,8,11-15H2,1-2H3/t18-/m1/s1. The summed E-state index contributed by atoms with van der Waals surface area (Å²) in [6.07, 6.45) is 4.62. The van der Waals surface area contributed by atoms with Crippen LogP contribution >= 0.6 is 0 Å². The molecule has 1 aromatic carbocycles. The van der Waals surface area contributed by atoms with Crippen molar-refractivity contribution >= 4 is 5.91 Å². The molecule has 1 aliphatic rings. The van der Waals surface area contributed by atoms with E-state index in [4.69, 9.17) is 13.9 Å². The van der Waals surface area contributed by atoms with Gasteiger partial charge in [0.1, 0.15) is 5.75 Å². The maximum Gasteiger partial charge on any atom is 0.223 e. The molecule has 0 saturated carbocycles. The molecule has 28 heavy (non-hydrogen) atoms. The second-order valence-corrected chi connectivity index (χ2v) is 7.01. The molecule has 0 aliphatic carbocycles. The summed E-state index contributed by atoms with van der Waals surface area (Å²) in [5.74, 6) is 2.07. The van der Waals surface area contributed by atoms with Crippen molar-refractivity contribution in [1.82, 2.24) is 15.1 Å². The smallest absolute Gasteiger partial charge is 0.223 e. The van der Waals surface area contributed by atoms with Crippen molar-refractivity contribution in [2.24, 2.45) is 0 Å². The molecule has 2 aromatic rings. The average molecular weight is 387 g/mol. The topological polar surface area (TPSA) is 77.7 Å². The monoisotopic (exact) mass is 387 g/mol. The lowest BCUT2D eigenvalue weighted by Gasteiger charge is -2.23. The molecule has 0 spiro atoms. The lowest BCUT2D eigenvalue weighted by atomic mass is 10.1. The Balaban J connectivity index is 1.43. The number of benzene rings is 1. The Bertz CT molecular complexity index is 738. The highest BCUT2D eigenvalue weighted by atomic mass is 16.5. The fraction of sp³-hybridized carbons (Fsp3) is 0.571. The summed E-state index contributed by atoms with van der Waals surface area (Å²) in [6, 6.07) is 7.94. The highest BCUT2D eigenvalue weighted by Gasteiger charge is 2.21. The highest BCUT2D eigenvalue weighted by molar-refractivity contribution is 5.76. The zero-order valence-electron chi connectivity index (χ0n) is 16.7. The van der Waals surface area contributed by atoms with Gasteiger partial charge >= 0.3 is 0 Å². The number of carbonyl (C=O) groups is 1. The highest BCUT2D eigenvalue weighted by Crippen LogP contribution is 2.15. The predicted octanol–water partition coefficient (Wildman–Crippen LogP) is 2.82. The summed E-state index contributed by atoms with van der Waals surface area (Å²) in [7, 11) is 1.65. The van der Waals surface area contributed by atoms with Crippen molar-refractivity contribution in [2.45, 2.75) is 51.6 Å². The molecule has 152 valence electrons. The van der Waals surface area contributed by atoms with Crippen molar-refractivity contribution in [3.05, 3.63) is 41.6 Å². The zero-order chi connectivity index (χ0) is 19.8. The van der Waals surface area contributed by atoms with Crippen LogP contribution in [0, 0.1) is 0 Å². The SMILES string of the molecule is CCN(C[C@H]1CCCO1)C(=O)CCc1nnc(CCc2ccc(OC)cc2)o1. The average Bonchev–Trinajstić information content (AvgIpc) is 3.41. The van der Waals surface area contributed by atoms with Crippen LogP contribution in [0.2, 0.25) is 0 Å². The van der Waals surface area contributed by atoms with Crippen LogP contribution in [0.5, 0.6) is 5.75 Å². The van der Waals surface area contributed by atoms with E-state index in [2.05, 4.69) is 10.2 Å². The maximum atomic E-state index is 12.5. The molecule has 1 amide bonds. The zero-order valence-corrected chi connectivity index (χ0v) is 16.7. The molecule has 0 radical (unpaired) electrons. The van der Waals surface area contributed by atoms with Crippen LogP contribution < -0.4 is 4.74 Å². The molecule has 2 heterocycles. The normalized spacial score (nSPS) is 16.3. The van der Waals surface area contributed by atoms with Crippen LogP contribution in [0.3, 0.4) is 0 Å². The minimum absolute atomic E-state index is 0.107. The molecule has 7 nitrogen and oxygen atoms in total. The Labute approximate surface area is 166 Å². The quantitative estimate of drug-likeness (QED) is 0.624. The van der Waals surface area contributed by atoms with E-state index in [-0.39, 0.29) is 12.0 Å². The molecule has 1 aromatic heterocycles. The van der Waals surface area contributed by atoms with Gasteiger partial charge in [-0.15, -0.1) is 10.2 Å². The molecule has 0 N–H and O–H groups in total. The van der Waals surface area contributed by atoms with Crippen molar-refractivity contribution in [1.29, 1.82) is 0 Å². The van der Waals surface area contributed by atoms with Crippen LogP contribution in [-0.2, 0) is 28.8 Å². The summed E-state index contributed by atoms with van der Waals surface area (Å²) in [5, 5.41) is 8.19. The number of methoxy groups -OCH3 is 1. The number of hydrogen-bond acceptors (Lipinski definition) is 6. The number of hydrogen-bond donors (Lipinski definition) is 0. The first-order chi connectivity index (χ1) is 13.7. The van der Waals surface area contributed by atoms with E-state index in [1.165, 1.54) is 5.56 Å². The molecule has 0 bridgehead atoms. The van der Waals surface area contributed by atoms with Gasteiger partial charge in [-0.1, -0.05) is 12.1 Å². The Hall–Kier alpha value is -2.41. The first-order valence-corrected chi connectivity index (χ1v) is 10.0. The van der Waals surface area contributed by atoms with Crippen LogP contribution in [0.15, 0.2) is 28.7 Å². The third kappa shape index (κ3) is 5.79. The van der Waals surface area contributed by atoms with Crippen molar-refractivity contribution in [3.8, 4) is 5.75 Å². The number of likely N-dealkylation sites (N-methyl/N-ethyl adjacent to an activating group) is 1. The Morgan fingerprint density at radius 3 is 2.57 bits per heavy atom. The summed E-state index contributed by atoms with van der Waals surface area (Å²) in [6.45, 7) is 4.16. The molecular weight excluding hydrogens is 358 g/mol. The summed E-state index contributed by atoms with van der Waals surface area (Å²) >= 11 is 0. The molecule has 1 saturated heterocycles. The van der Waals surface area contributed by atoms with Gasteiger partial charge in [-0.05, 0) is 43.9 Å². The number of aryl methyl sites for hydroxylation is 3. The molecule has 1 atom stereocenters. The fourth-order valence-electron chi connectivity index (χ4n) is 3.35. The minimum atomic E-state index is 0.107. The van der Waals surface area contributed by atoms with Gasteiger partial charge < -0.3 is 18.8 Å². The van der Waals surface area contributed by atoms with E-state index in [1.54, 1.807) is 7.11 Å². The van der Waals surface area contributed by atoms with Gasteiger partial charge in [0.25, 0.3) is 0 Å². The Kier molecular flexibility index (Phi) is 7.42. The first-order valence-electron chi connectivity index (χ1n) is 10.0. The van der Waals surface area contributed by atoms with Gasteiger partial charge in [0.15, 0.2) is 0 Å². The number of ether oxygens (including phenoxy) is 2. The van der Waals surface area contributed by atoms with Crippen LogP contribution in [0.25, 0.3) is 0 Å². The molecule has 1 aliphatic heterocycles. The van der Waals surface area contributed by atoms with E-state index in [1.807, 2.05) is 36.1 Å². The summed E-state index contributed by atoms with van der Waals surface area (Å²) in [4.78, 5) is 14.3. The van der Waals surface area contributed by atoms with Gasteiger partial charge in [0, 0.05) is 39.0 Å². The van der Waals surface area contributed by atoms with Crippen LogP contribution in [0.4, 0.5) is 0 Å². The van der Waals surface area contributed by atoms with E-state index in [0.29, 0.717) is 44.1 Å². The number of aromatic nitrogens is 2. The predicted molar refractivity (Wildman–Crippen MR) is 104 cm³/mol. The Morgan fingerprint density at radius 1 is 1.18 bits per heavy atom. The molecule has 7 heteroatoms. The molecular formula is C21H29N3O4. The number of carbonyl (C=O) groups excluding carboxylic acids is 1. The van der Waals surface area contributed by atoms with Gasteiger partial charge in [-0.2, -0.15) is 0 Å². The first kappa shape index (κ1) is 20.3. The summed E-state index contributed by atoms with van der Waals surface area (Å²) < 4.78 is 16.5. The van der Waals surface area contributed by atoms with E-state index >= 15 is 0 Å². The van der Waals surface area contributed by atoms with E-state index in [0.717, 1.165) is 31.6 Å². The lowest BCUT2D eigenvalue weighted by Crippen LogP contribution is -2.37. The van der Waals surface area contributed by atoms with Gasteiger partial charge in [-0.3, -0.25) is 4.79 Å². The third-order valence-electron chi connectivity index (χ3n) is 5.03. The fourth-order valence-corrected chi connectivity index (χ4v) is 3.35. The maximum absolute atomic E-state index is 12.5. The van der Waals surface area contributed by atoms with Crippen molar-refractivity contribution < 1.29 is 18.7 Å². The van der Waals surface area contributed by atoms with Crippen LogP contribution in [-0.4, -0.2) is 53.9 Å². The van der Waals surface area contributed by atoms with Crippen molar-refractivity contribution in [2.75, 3.05) is 26.8 Å². The minimum Gasteiger partial charge on any atom is -0.497 e. The Morgan fingerprint density at radius 2 is 1.93 bits per heavy atom. The molecule has 1 fully saturated rings. The van der Waals surface area contributed by atoms with Gasteiger partial charge in [0.05, 0.1) is 13.2 Å². The van der Waals surface area contributed by atoms with Crippen LogP contribution in [0.1, 0.15) is 43.5 Å². The van der Waals surface area contributed by atoms with E-state index in [9.17, 15) is 4.79 Å². The van der Waals surface area contributed by atoms with Gasteiger partial charge in [0.2, 0.25) is 17.7 Å². The second-order valence-electron chi connectivity index (χ2n) is 7.01. The lowest BCUT2D eigenvalue weighted by molar-refractivity contribution is -0.132. The second kappa shape index (κ2) is 10.2. The number of nitrogens with zero attached hydrogens (tertiary/aromatic N) is 3. The van der Waals surface area contributed by atoms with Crippen molar-refractivity contribution in [3.63, 3.8) is 0 Å². The number of amides is 1. The largest absolute Gasteiger partial charge is 0.497 e.